The van der Waals surface area contributed by atoms with Gasteiger partial charge in [0.15, 0.2) is 0 Å². The van der Waals surface area contributed by atoms with Crippen LogP contribution in [0, 0.1) is 0 Å². The number of carbonyl (C=O) groups excluding carboxylic acids is 5. The summed E-state index contributed by atoms with van der Waals surface area (Å²) in [4.78, 5) is 63.3. The van der Waals surface area contributed by atoms with Crippen LogP contribution >= 0.6 is 11.6 Å². The third kappa shape index (κ3) is 6.02. The minimum atomic E-state index is -0.736. The minimum Gasteiger partial charge on any atom is -0.465 e. The van der Waals surface area contributed by atoms with Gasteiger partial charge in [-0.15, -0.1) is 0 Å². The van der Waals surface area contributed by atoms with E-state index in [4.69, 9.17) is 16.3 Å². The third-order valence-electron chi connectivity index (χ3n) is 5.78. The number of carbonyl (C=O) groups is 5. The number of benzene rings is 3. The molecule has 3 aromatic rings. The highest BCUT2D eigenvalue weighted by atomic mass is 35.5. The maximum Gasteiger partial charge on any atom is 0.338 e. The summed E-state index contributed by atoms with van der Waals surface area (Å²) < 4.78 is 9.75. The Hall–Kier alpha value is -4.96. The first kappa shape index (κ1) is 28.1. The molecule has 0 aliphatic carbocycles. The maximum atomic E-state index is 13.1. The molecule has 11 heteroatoms. The van der Waals surface area contributed by atoms with Crippen molar-refractivity contribution in [3.63, 3.8) is 0 Å². The predicted octanol–water partition coefficient (Wildman–Crippen LogP) is 4.73. The molecule has 0 spiro atoms. The van der Waals surface area contributed by atoms with E-state index in [-0.39, 0.29) is 34.2 Å². The van der Waals surface area contributed by atoms with E-state index >= 15 is 0 Å². The number of ether oxygens (including phenoxy) is 2. The van der Waals surface area contributed by atoms with Crippen LogP contribution in [0.2, 0.25) is 0 Å². The second-order valence-corrected chi connectivity index (χ2v) is 8.92. The van der Waals surface area contributed by atoms with Crippen molar-refractivity contribution in [2.75, 3.05) is 29.3 Å². The summed E-state index contributed by atoms with van der Waals surface area (Å²) in [6, 6.07) is 18.3. The molecule has 1 aliphatic rings. The summed E-state index contributed by atoms with van der Waals surface area (Å²) >= 11 is 6.23. The maximum absolute atomic E-state index is 13.1. The van der Waals surface area contributed by atoms with Crippen LogP contribution in [0.25, 0.3) is 0 Å². The van der Waals surface area contributed by atoms with Crippen molar-refractivity contribution in [1.82, 2.24) is 0 Å². The zero-order valence-corrected chi connectivity index (χ0v) is 22.3. The van der Waals surface area contributed by atoms with E-state index in [1.54, 1.807) is 30.3 Å². The van der Waals surface area contributed by atoms with E-state index in [0.717, 1.165) is 4.90 Å². The lowest BCUT2D eigenvalue weighted by molar-refractivity contribution is -0.120. The van der Waals surface area contributed by atoms with Crippen molar-refractivity contribution in [3.8, 4) is 0 Å². The summed E-state index contributed by atoms with van der Waals surface area (Å²) in [5.74, 6) is -2.88. The number of imide groups is 1. The van der Waals surface area contributed by atoms with Gasteiger partial charge in [0.1, 0.15) is 10.7 Å². The fourth-order valence-electron chi connectivity index (χ4n) is 3.76. The smallest absolute Gasteiger partial charge is 0.338 e. The second kappa shape index (κ2) is 12.3. The first-order valence-corrected chi connectivity index (χ1v) is 12.5. The van der Waals surface area contributed by atoms with Crippen LogP contribution in [0.5, 0.6) is 0 Å². The fourth-order valence-corrected chi connectivity index (χ4v) is 3.98. The molecule has 0 saturated carbocycles. The largest absolute Gasteiger partial charge is 0.465 e. The Morgan fingerprint density at radius 1 is 0.825 bits per heavy atom. The van der Waals surface area contributed by atoms with E-state index in [2.05, 4.69) is 15.4 Å². The highest BCUT2D eigenvalue weighted by Crippen LogP contribution is 2.30. The first-order chi connectivity index (χ1) is 19.2. The molecule has 3 aromatic carbocycles. The molecule has 3 amide bonds. The number of methoxy groups -OCH3 is 1. The zero-order valence-electron chi connectivity index (χ0n) is 21.5. The van der Waals surface area contributed by atoms with Gasteiger partial charge in [-0.05, 0) is 73.2 Å². The van der Waals surface area contributed by atoms with Gasteiger partial charge in [-0.3, -0.25) is 14.4 Å². The van der Waals surface area contributed by atoms with Crippen molar-refractivity contribution >= 4 is 58.3 Å². The van der Waals surface area contributed by atoms with Crippen molar-refractivity contribution in [1.29, 1.82) is 0 Å². The number of amides is 3. The number of hydrogen-bond acceptors (Lipinski definition) is 8. The summed E-state index contributed by atoms with van der Waals surface area (Å²) in [7, 11) is 1.28. The lowest BCUT2D eigenvalue weighted by Gasteiger charge is -2.15. The topological polar surface area (TPSA) is 131 Å². The Labute approximate surface area is 234 Å². The molecule has 0 aromatic heterocycles. The predicted molar refractivity (Wildman–Crippen MR) is 148 cm³/mol. The van der Waals surface area contributed by atoms with Gasteiger partial charge in [0.05, 0.1) is 30.5 Å². The lowest BCUT2D eigenvalue weighted by Crippen LogP contribution is -2.32. The molecule has 0 saturated heterocycles. The minimum absolute atomic E-state index is 0.158. The fraction of sp³-hybridized carbons (Fsp3) is 0.138. The van der Waals surface area contributed by atoms with Gasteiger partial charge < -0.3 is 20.1 Å². The van der Waals surface area contributed by atoms with Crippen molar-refractivity contribution in [3.05, 3.63) is 100 Å². The molecule has 0 bridgehead atoms. The number of esters is 2. The van der Waals surface area contributed by atoms with Gasteiger partial charge in [-0.2, -0.15) is 0 Å². The molecule has 1 aliphatic heterocycles. The van der Waals surface area contributed by atoms with Crippen LogP contribution in [0.4, 0.5) is 17.1 Å². The highest BCUT2D eigenvalue weighted by molar-refractivity contribution is 6.53. The SMILES string of the molecule is CCCOC(=O)c1ccc(N2C(=O)C(Cl)=C(Nc3cccc(C(=O)Nc4ccc(C(=O)OC)cc4)c3)C2=O)cc1. The summed E-state index contributed by atoms with van der Waals surface area (Å²) in [5.41, 5.74) is 1.75. The number of halogens is 1. The molecule has 10 nitrogen and oxygen atoms in total. The van der Waals surface area contributed by atoms with Gasteiger partial charge in [-0.25, -0.2) is 14.5 Å². The lowest BCUT2D eigenvalue weighted by atomic mass is 10.1. The number of nitrogens with zero attached hydrogens (tertiary/aromatic N) is 1. The molecule has 204 valence electrons. The van der Waals surface area contributed by atoms with Crippen LogP contribution < -0.4 is 15.5 Å². The van der Waals surface area contributed by atoms with Crippen LogP contribution in [0.1, 0.15) is 44.4 Å². The van der Waals surface area contributed by atoms with E-state index in [0.29, 0.717) is 23.4 Å². The third-order valence-corrected chi connectivity index (χ3v) is 6.13. The molecular weight excluding hydrogens is 538 g/mol. The van der Waals surface area contributed by atoms with E-state index in [9.17, 15) is 24.0 Å². The summed E-state index contributed by atoms with van der Waals surface area (Å²) in [5, 5.41) is 5.24. The molecular formula is C29H24ClN3O7. The van der Waals surface area contributed by atoms with Gasteiger partial charge in [0.25, 0.3) is 17.7 Å². The van der Waals surface area contributed by atoms with Gasteiger partial charge in [0.2, 0.25) is 0 Å². The number of anilines is 3. The molecule has 40 heavy (non-hydrogen) atoms. The Morgan fingerprint density at radius 2 is 1.48 bits per heavy atom. The van der Waals surface area contributed by atoms with Crippen LogP contribution in [0.3, 0.4) is 0 Å². The Kier molecular flexibility index (Phi) is 8.60. The van der Waals surface area contributed by atoms with Crippen LogP contribution in [0.15, 0.2) is 83.5 Å². The summed E-state index contributed by atoms with van der Waals surface area (Å²) in [6.45, 7) is 2.16. The monoisotopic (exact) mass is 561 g/mol. The molecule has 0 fully saturated rings. The van der Waals surface area contributed by atoms with E-state index < -0.39 is 29.7 Å². The Balaban J connectivity index is 1.46. The average molecular weight is 562 g/mol. The van der Waals surface area contributed by atoms with Crippen molar-refractivity contribution in [2.45, 2.75) is 13.3 Å². The molecule has 0 atom stereocenters. The Morgan fingerprint density at radius 3 is 2.12 bits per heavy atom. The Bertz CT molecular complexity index is 1520. The van der Waals surface area contributed by atoms with E-state index in [1.807, 2.05) is 6.92 Å². The second-order valence-electron chi connectivity index (χ2n) is 8.55. The first-order valence-electron chi connectivity index (χ1n) is 12.2. The number of hydrogen-bond donors (Lipinski definition) is 2. The molecule has 0 radical (unpaired) electrons. The normalized spacial score (nSPS) is 12.8. The molecule has 0 unspecified atom stereocenters. The number of rotatable bonds is 9. The van der Waals surface area contributed by atoms with Crippen molar-refractivity contribution < 1.29 is 33.4 Å². The molecule has 4 rings (SSSR count). The zero-order chi connectivity index (χ0) is 28.8. The van der Waals surface area contributed by atoms with Crippen molar-refractivity contribution in [2.24, 2.45) is 0 Å². The summed E-state index contributed by atoms with van der Waals surface area (Å²) in [6.07, 6.45) is 0.681. The molecule has 2 N–H and O–H groups in total. The van der Waals surface area contributed by atoms with E-state index in [1.165, 1.54) is 49.6 Å². The quantitative estimate of drug-likeness (QED) is 0.283. The standard InChI is InChI=1S/C29H24ClN3O7/c1-3-15-40-29(38)18-9-13-22(14-10-18)33-26(35)23(30)24(27(33)36)31-21-6-4-5-19(16-21)25(34)32-20-11-7-17(8-12-20)28(37)39-2/h4-14,16,31H,3,15H2,1-2H3,(H,32,34). The average Bonchev–Trinajstić information content (AvgIpc) is 3.18. The molecule has 1 heterocycles. The van der Waals surface area contributed by atoms with Crippen LogP contribution in [-0.2, 0) is 19.1 Å². The van der Waals surface area contributed by atoms with Crippen LogP contribution in [-0.4, -0.2) is 43.4 Å². The highest BCUT2D eigenvalue weighted by Gasteiger charge is 2.39. The van der Waals surface area contributed by atoms with Gasteiger partial charge >= 0.3 is 11.9 Å². The van der Waals surface area contributed by atoms with Gasteiger partial charge in [0, 0.05) is 16.9 Å². The number of nitrogens with one attached hydrogen (secondary N) is 2. The van der Waals surface area contributed by atoms with Gasteiger partial charge in [-0.1, -0.05) is 24.6 Å².